The molecule has 0 unspecified atom stereocenters. The van der Waals surface area contributed by atoms with Gasteiger partial charge in [-0.3, -0.25) is 9.59 Å². The van der Waals surface area contributed by atoms with Crippen molar-refractivity contribution >= 4 is 45.0 Å². The molecule has 10 heteroatoms. The summed E-state index contributed by atoms with van der Waals surface area (Å²) >= 11 is 1.65. The lowest BCUT2D eigenvalue weighted by Gasteiger charge is -2.32. The highest BCUT2D eigenvalue weighted by molar-refractivity contribution is 8.01. The van der Waals surface area contributed by atoms with Crippen LogP contribution in [0.3, 0.4) is 0 Å². The predicted octanol–water partition coefficient (Wildman–Crippen LogP) is 3.10. The van der Waals surface area contributed by atoms with E-state index in [1.165, 1.54) is 10.7 Å². The standard InChI is InChI=1S/C23H34N4O4S2/c1-4-26(5-2)33(30,31)17-9-10-19(25-13-7-6-8-14-25)18(15-17)24-22(29)20-16-32-23(3)12-11-21(28)27(20)23/h9-10,15,20H,4-8,11-14,16H2,1-3H3,(H,24,29)/t20-,23+/m1/s1. The Bertz CT molecular complexity index is 1020. The molecular formula is C23H34N4O4S2. The number of hydrogen-bond acceptors (Lipinski definition) is 6. The van der Waals surface area contributed by atoms with Gasteiger partial charge in [0.05, 0.1) is 21.1 Å². The van der Waals surface area contributed by atoms with Crippen LogP contribution in [0.4, 0.5) is 11.4 Å². The van der Waals surface area contributed by atoms with E-state index in [-0.39, 0.29) is 21.6 Å². The molecule has 3 aliphatic rings. The molecule has 33 heavy (non-hydrogen) atoms. The number of hydrogen-bond donors (Lipinski definition) is 1. The van der Waals surface area contributed by atoms with E-state index in [1.54, 1.807) is 28.8 Å². The fraction of sp³-hybridized carbons (Fsp3) is 0.652. The number of nitrogens with one attached hydrogen (secondary N) is 1. The number of carbonyl (C=O) groups is 2. The van der Waals surface area contributed by atoms with E-state index in [2.05, 4.69) is 10.2 Å². The topological polar surface area (TPSA) is 90.0 Å². The van der Waals surface area contributed by atoms with Crippen LogP contribution in [0.25, 0.3) is 0 Å². The number of benzene rings is 1. The van der Waals surface area contributed by atoms with E-state index in [0.717, 1.165) is 38.0 Å². The molecule has 1 aromatic rings. The van der Waals surface area contributed by atoms with Crippen LogP contribution < -0.4 is 10.2 Å². The molecular weight excluding hydrogens is 460 g/mol. The molecule has 3 fully saturated rings. The zero-order chi connectivity index (χ0) is 23.8. The van der Waals surface area contributed by atoms with Crippen molar-refractivity contribution in [3.8, 4) is 0 Å². The van der Waals surface area contributed by atoms with Gasteiger partial charge >= 0.3 is 0 Å². The summed E-state index contributed by atoms with van der Waals surface area (Å²) in [6.07, 6.45) is 4.50. The minimum Gasteiger partial charge on any atom is -0.370 e. The third kappa shape index (κ3) is 4.49. The largest absolute Gasteiger partial charge is 0.370 e. The van der Waals surface area contributed by atoms with Gasteiger partial charge in [-0.05, 0) is 50.8 Å². The first-order valence-electron chi connectivity index (χ1n) is 11.9. The average molecular weight is 495 g/mol. The van der Waals surface area contributed by atoms with Crippen LogP contribution in [0.15, 0.2) is 23.1 Å². The van der Waals surface area contributed by atoms with Crippen LogP contribution in [0.1, 0.15) is 52.9 Å². The minimum absolute atomic E-state index is 0.0109. The highest BCUT2D eigenvalue weighted by atomic mass is 32.2. The number of carbonyl (C=O) groups excluding carboxylic acids is 2. The van der Waals surface area contributed by atoms with Gasteiger partial charge < -0.3 is 15.1 Å². The Kier molecular flexibility index (Phi) is 6.98. The number of piperidine rings is 1. The lowest BCUT2D eigenvalue weighted by molar-refractivity contribution is -0.135. The molecule has 0 aromatic heterocycles. The minimum atomic E-state index is -3.66. The van der Waals surface area contributed by atoms with Gasteiger partial charge in [0.2, 0.25) is 21.8 Å². The first-order chi connectivity index (χ1) is 15.7. The quantitative estimate of drug-likeness (QED) is 0.627. The fourth-order valence-electron chi connectivity index (χ4n) is 5.13. The molecule has 2 atom stereocenters. The Morgan fingerprint density at radius 3 is 2.58 bits per heavy atom. The van der Waals surface area contributed by atoms with E-state index in [1.807, 2.05) is 26.8 Å². The Labute approximate surface area is 201 Å². The summed E-state index contributed by atoms with van der Waals surface area (Å²) in [6.45, 7) is 8.14. The van der Waals surface area contributed by atoms with Crippen molar-refractivity contribution in [2.75, 3.05) is 42.1 Å². The van der Waals surface area contributed by atoms with Crippen LogP contribution >= 0.6 is 11.8 Å². The molecule has 4 rings (SSSR count). The molecule has 1 aromatic carbocycles. The Hall–Kier alpha value is -1.78. The summed E-state index contributed by atoms with van der Waals surface area (Å²) in [4.78, 5) is 29.7. The number of rotatable bonds is 7. The molecule has 1 N–H and O–H groups in total. The highest BCUT2D eigenvalue weighted by Crippen LogP contribution is 2.47. The summed E-state index contributed by atoms with van der Waals surface area (Å²) in [6, 6.07) is 4.49. The van der Waals surface area contributed by atoms with E-state index >= 15 is 0 Å². The number of thioether (sulfide) groups is 1. The highest BCUT2D eigenvalue weighted by Gasteiger charge is 2.53. The number of fused-ring (bicyclic) bond motifs is 1. The van der Waals surface area contributed by atoms with Crippen molar-refractivity contribution < 1.29 is 18.0 Å². The average Bonchev–Trinajstić information content (AvgIpc) is 3.30. The van der Waals surface area contributed by atoms with Crippen molar-refractivity contribution in [1.82, 2.24) is 9.21 Å². The molecule has 3 heterocycles. The predicted molar refractivity (Wildman–Crippen MR) is 132 cm³/mol. The second-order valence-electron chi connectivity index (χ2n) is 9.07. The Balaban J connectivity index is 1.67. The maximum Gasteiger partial charge on any atom is 0.248 e. The lowest BCUT2D eigenvalue weighted by atomic mass is 10.1. The van der Waals surface area contributed by atoms with E-state index in [4.69, 9.17) is 0 Å². The van der Waals surface area contributed by atoms with Gasteiger partial charge in [-0.1, -0.05) is 13.8 Å². The molecule has 0 aliphatic carbocycles. The molecule has 3 saturated heterocycles. The Morgan fingerprint density at radius 1 is 1.21 bits per heavy atom. The molecule has 8 nitrogen and oxygen atoms in total. The van der Waals surface area contributed by atoms with Crippen LogP contribution in [0, 0.1) is 0 Å². The van der Waals surface area contributed by atoms with Crippen molar-refractivity contribution in [3.05, 3.63) is 18.2 Å². The van der Waals surface area contributed by atoms with Crippen molar-refractivity contribution in [2.24, 2.45) is 0 Å². The summed E-state index contributed by atoms with van der Waals surface area (Å²) in [5, 5.41) is 3.02. The van der Waals surface area contributed by atoms with Crippen LogP contribution in [0.5, 0.6) is 0 Å². The number of anilines is 2. The molecule has 2 amide bonds. The normalized spacial score (nSPS) is 25.6. The van der Waals surface area contributed by atoms with Gasteiger partial charge in [-0.2, -0.15) is 4.31 Å². The zero-order valence-electron chi connectivity index (χ0n) is 19.7. The van der Waals surface area contributed by atoms with Crippen molar-refractivity contribution in [3.63, 3.8) is 0 Å². The zero-order valence-corrected chi connectivity index (χ0v) is 21.3. The number of sulfonamides is 1. The maximum absolute atomic E-state index is 13.4. The number of amides is 2. The van der Waals surface area contributed by atoms with Crippen LogP contribution in [-0.2, 0) is 19.6 Å². The van der Waals surface area contributed by atoms with Crippen molar-refractivity contribution in [2.45, 2.75) is 68.7 Å². The Morgan fingerprint density at radius 2 is 1.91 bits per heavy atom. The fourth-order valence-corrected chi connectivity index (χ4v) is 8.05. The van der Waals surface area contributed by atoms with Gasteiger partial charge in [0.15, 0.2) is 0 Å². The number of nitrogens with zero attached hydrogens (tertiary/aromatic N) is 3. The SMILES string of the molecule is CCN(CC)S(=O)(=O)c1ccc(N2CCCCC2)c(NC(=O)[C@H]2CS[C@@]3(C)CCC(=O)N23)c1. The summed E-state index contributed by atoms with van der Waals surface area (Å²) in [5.41, 5.74) is 1.34. The van der Waals surface area contributed by atoms with Crippen molar-refractivity contribution in [1.29, 1.82) is 0 Å². The second kappa shape index (κ2) is 9.46. The molecule has 3 aliphatic heterocycles. The summed E-state index contributed by atoms with van der Waals surface area (Å²) in [5.74, 6) is 0.304. The molecule has 0 radical (unpaired) electrons. The van der Waals surface area contributed by atoms with Gasteiger partial charge in [0.25, 0.3) is 0 Å². The summed E-state index contributed by atoms with van der Waals surface area (Å²) < 4.78 is 27.7. The molecule has 0 spiro atoms. The van der Waals surface area contributed by atoms with Gasteiger partial charge in [0.1, 0.15) is 6.04 Å². The third-order valence-corrected chi connectivity index (χ3v) is 10.6. The smallest absolute Gasteiger partial charge is 0.248 e. The molecule has 182 valence electrons. The second-order valence-corrected chi connectivity index (χ2v) is 12.5. The lowest BCUT2D eigenvalue weighted by Crippen LogP contribution is -2.48. The van der Waals surface area contributed by atoms with E-state index < -0.39 is 16.1 Å². The first kappa shape index (κ1) is 24.3. The first-order valence-corrected chi connectivity index (χ1v) is 14.3. The monoisotopic (exact) mass is 494 g/mol. The van der Waals surface area contributed by atoms with E-state index in [9.17, 15) is 18.0 Å². The van der Waals surface area contributed by atoms with E-state index in [0.29, 0.717) is 31.0 Å². The van der Waals surface area contributed by atoms with Gasteiger partial charge in [-0.25, -0.2) is 8.42 Å². The maximum atomic E-state index is 13.4. The van der Waals surface area contributed by atoms with Gasteiger partial charge in [0, 0.05) is 38.4 Å². The van der Waals surface area contributed by atoms with Crippen LogP contribution in [-0.4, -0.2) is 72.3 Å². The summed E-state index contributed by atoms with van der Waals surface area (Å²) in [7, 11) is -3.66. The molecule has 0 saturated carbocycles. The van der Waals surface area contributed by atoms with Crippen LogP contribution in [0.2, 0.25) is 0 Å². The molecule has 0 bridgehead atoms. The third-order valence-electron chi connectivity index (χ3n) is 7.01. The van der Waals surface area contributed by atoms with Gasteiger partial charge in [-0.15, -0.1) is 11.8 Å².